The summed E-state index contributed by atoms with van der Waals surface area (Å²) in [6.45, 7) is 1.43. The molecule has 0 N–H and O–H groups in total. The second-order valence-electron chi connectivity index (χ2n) is 5.30. The van der Waals surface area contributed by atoms with Crippen LogP contribution < -0.4 is 0 Å². The molecule has 19 heavy (non-hydrogen) atoms. The highest BCUT2D eigenvalue weighted by Crippen LogP contribution is 2.30. The fourth-order valence-electron chi connectivity index (χ4n) is 3.11. The van der Waals surface area contributed by atoms with Gasteiger partial charge in [-0.25, -0.2) is 0 Å². The second-order valence-corrected chi connectivity index (χ2v) is 6.21. The van der Waals surface area contributed by atoms with E-state index in [1.54, 1.807) is 0 Å². The van der Waals surface area contributed by atoms with E-state index in [4.69, 9.17) is 4.74 Å². The molecular weight excluding hydrogens is 306 g/mol. The molecule has 1 aromatic carbocycles. The number of halogens is 1. The number of carbonyl (C=O) groups excluding carboxylic acids is 1. The molecule has 0 bridgehead atoms. The fourth-order valence-corrected chi connectivity index (χ4v) is 3.38. The van der Waals surface area contributed by atoms with Gasteiger partial charge >= 0.3 is 0 Å². The number of carbonyl (C=O) groups is 1. The van der Waals surface area contributed by atoms with Crippen LogP contribution in [0.3, 0.4) is 0 Å². The average molecular weight is 324 g/mol. The molecule has 1 saturated heterocycles. The lowest BCUT2D eigenvalue weighted by molar-refractivity contribution is -0.143. The van der Waals surface area contributed by atoms with Crippen molar-refractivity contribution in [2.45, 2.75) is 37.8 Å². The molecule has 3 rings (SSSR count). The number of rotatable bonds is 2. The maximum Gasteiger partial charge on any atom is 0.227 e. The first-order valence-corrected chi connectivity index (χ1v) is 7.69. The summed E-state index contributed by atoms with van der Waals surface area (Å²) in [5, 5.41) is 0. The van der Waals surface area contributed by atoms with Gasteiger partial charge in [0.05, 0.1) is 25.2 Å². The van der Waals surface area contributed by atoms with Gasteiger partial charge < -0.3 is 9.64 Å². The number of fused-ring (bicyclic) bond motifs is 1. The summed E-state index contributed by atoms with van der Waals surface area (Å²) >= 11 is 3.41. The standard InChI is InChI=1S/C15H18BrNO2/c16-12-6-4-11(5-7-12)10-15(18)17-8-9-19-14-3-1-2-13(14)17/h4-7,13-14H,1-3,8-10H2. The summed E-state index contributed by atoms with van der Waals surface area (Å²) in [7, 11) is 0. The highest BCUT2D eigenvalue weighted by molar-refractivity contribution is 9.10. The Morgan fingerprint density at radius 2 is 2.11 bits per heavy atom. The van der Waals surface area contributed by atoms with Crippen molar-refractivity contribution in [3.63, 3.8) is 0 Å². The highest BCUT2D eigenvalue weighted by Gasteiger charge is 2.38. The monoisotopic (exact) mass is 323 g/mol. The molecular formula is C15H18BrNO2. The lowest BCUT2D eigenvalue weighted by Crippen LogP contribution is -2.51. The third-order valence-corrected chi connectivity index (χ3v) is 4.60. The molecule has 2 fully saturated rings. The maximum atomic E-state index is 12.5. The number of benzene rings is 1. The highest BCUT2D eigenvalue weighted by atomic mass is 79.9. The summed E-state index contributed by atoms with van der Waals surface area (Å²) < 4.78 is 6.80. The van der Waals surface area contributed by atoms with Crippen molar-refractivity contribution in [2.75, 3.05) is 13.2 Å². The summed E-state index contributed by atoms with van der Waals surface area (Å²) in [6, 6.07) is 8.31. The molecule has 3 nitrogen and oxygen atoms in total. The Hall–Kier alpha value is -0.870. The lowest BCUT2D eigenvalue weighted by Gasteiger charge is -2.37. The summed E-state index contributed by atoms with van der Waals surface area (Å²) in [5.74, 6) is 0.238. The number of amides is 1. The zero-order valence-corrected chi connectivity index (χ0v) is 12.4. The Balaban J connectivity index is 1.67. The van der Waals surface area contributed by atoms with E-state index >= 15 is 0 Å². The van der Waals surface area contributed by atoms with E-state index in [1.165, 1.54) is 6.42 Å². The first kappa shape index (κ1) is 13.1. The van der Waals surface area contributed by atoms with Gasteiger partial charge in [0, 0.05) is 11.0 Å². The Labute approximate surface area is 122 Å². The van der Waals surface area contributed by atoms with Crippen LogP contribution in [0.2, 0.25) is 0 Å². The Morgan fingerprint density at radius 1 is 1.32 bits per heavy atom. The Kier molecular flexibility index (Phi) is 3.89. The third-order valence-electron chi connectivity index (χ3n) is 4.07. The predicted octanol–water partition coefficient (Wildman–Crippen LogP) is 2.77. The SMILES string of the molecule is O=C(Cc1ccc(Br)cc1)N1CCOC2CCCC21. The van der Waals surface area contributed by atoms with Crippen molar-refractivity contribution < 1.29 is 9.53 Å². The van der Waals surface area contributed by atoms with Gasteiger partial charge in [-0.1, -0.05) is 28.1 Å². The molecule has 1 amide bonds. The van der Waals surface area contributed by atoms with Gasteiger partial charge in [0.15, 0.2) is 0 Å². The number of hydrogen-bond donors (Lipinski definition) is 0. The van der Waals surface area contributed by atoms with Gasteiger partial charge in [-0.2, -0.15) is 0 Å². The van der Waals surface area contributed by atoms with Crippen LogP contribution in [0.25, 0.3) is 0 Å². The molecule has 4 heteroatoms. The number of morpholine rings is 1. The van der Waals surface area contributed by atoms with Crippen molar-refractivity contribution in [1.82, 2.24) is 4.90 Å². The molecule has 1 heterocycles. The lowest BCUT2D eigenvalue weighted by atomic mass is 10.1. The van der Waals surface area contributed by atoms with Crippen LogP contribution in [0.1, 0.15) is 24.8 Å². The number of hydrogen-bond acceptors (Lipinski definition) is 2. The largest absolute Gasteiger partial charge is 0.374 e. The molecule has 1 aliphatic heterocycles. The maximum absolute atomic E-state index is 12.5. The van der Waals surface area contributed by atoms with E-state index in [1.807, 2.05) is 29.2 Å². The van der Waals surface area contributed by atoms with E-state index in [2.05, 4.69) is 15.9 Å². The van der Waals surface area contributed by atoms with Gasteiger partial charge in [-0.15, -0.1) is 0 Å². The molecule has 2 aliphatic rings. The molecule has 1 aromatic rings. The number of ether oxygens (including phenoxy) is 1. The molecule has 0 aromatic heterocycles. The fraction of sp³-hybridized carbons (Fsp3) is 0.533. The smallest absolute Gasteiger partial charge is 0.227 e. The minimum atomic E-state index is 0.238. The molecule has 0 radical (unpaired) electrons. The summed E-state index contributed by atoms with van der Waals surface area (Å²) in [4.78, 5) is 14.5. The van der Waals surface area contributed by atoms with Crippen molar-refractivity contribution in [3.05, 3.63) is 34.3 Å². The molecule has 0 spiro atoms. The van der Waals surface area contributed by atoms with Gasteiger partial charge in [0.1, 0.15) is 0 Å². The minimum absolute atomic E-state index is 0.238. The zero-order valence-electron chi connectivity index (χ0n) is 10.8. The van der Waals surface area contributed by atoms with Crippen molar-refractivity contribution >= 4 is 21.8 Å². The van der Waals surface area contributed by atoms with Crippen LogP contribution >= 0.6 is 15.9 Å². The normalized spacial score (nSPS) is 26.3. The minimum Gasteiger partial charge on any atom is -0.374 e. The second kappa shape index (κ2) is 5.63. The van der Waals surface area contributed by atoms with E-state index in [9.17, 15) is 4.79 Å². The van der Waals surface area contributed by atoms with Crippen molar-refractivity contribution in [2.24, 2.45) is 0 Å². The molecule has 2 atom stereocenters. The van der Waals surface area contributed by atoms with Crippen LogP contribution in [-0.4, -0.2) is 36.1 Å². The summed E-state index contributed by atoms with van der Waals surface area (Å²) in [5.41, 5.74) is 1.08. The van der Waals surface area contributed by atoms with Crippen molar-refractivity contribution in [3.8, 4) is 0 Å². The van der Waals surface area contributed by atoms with Crippen LogP contribution in [0.5, 0.6) is 0 Å². The first-order chi connectivity index (χ1) is 9.24. The van der Waals surface area contributed by atoms with Gasteiger partial charge in [-0.3, -0.25) is 4.79 Å². The average Bonchev–Trinajstić information content (AvgIpc) is 2.89. The summed E-state index contributed by atoms with van der Waals surface area (Å²) in [6.07, 6.45) is 4.15. The Bertz CT molecular complexity index is 460. The van der Waals surface area contributed by atoms with Gasteiger partial charge in [0.25, 0.3) is 0 Å². The van der Waals surface area contributed by atoms with Crippen LogP contribution in [0, 0.1) is 0 Å². The van der Waals surface area contributed by atoms with Crippen LogP contribution in [-0.2, 0) is 16.0 Å². The molecule has 1 aliphatic carbocycles. The van der Waals surface area contributed by atoms with Gasteiger partial charge in [0.2, 0.25) is 5.91 Å². The Morgan fingerprint density at radius 3 is 2.89 bits per heavy atom. The van der Waals surface area contributed by atoms with E-state index < -0.39 is 0 Å². The van der Waals surface area contributed by atoms with Crippen molar-refractivity contribution in [1.29, 1.82) is 0 Å². The number of nitrogens with zero attached hydrogens (tertiary/aromatic N) is 1. The van der Waals surface area contributed by atoms with E-state index in [0.717, 1.165) is 29.4 Å². The molecule has 1 saturated carbocycles. The quantitative estimate of drug-likeness (QED) is 0.837. The topological polar surface area (TPSA) is 29.5 Å². The van der Waals surface area contributed by atoms with Crippen LogP contribution in [0.15, 0.2) is 28.7 Å². The van der Waals surface area contributed by atoms with E-state index in [-0.39, 0.29) is 12.0 Å². The first-order valence-electron chi connectivity index (χ1n) is 6.89. The molecule has 102 valence electrons. The zero-order chi connectivity index (χ0) is 13.2. The van der Waals surface area contributed by atoms with E-state index in [0.29, 0.717) is 19.1 Å². The predicted molar refractivity (Wildman–Crippen MR) is 76.9 cm³/mol. The van der Waals surface area contributed by atoms with Crippen LogP contribution in [0.4, 0.5) is 0 Å². The molecule has 2 unspecified atom stereocenters. The third kappa shape index (κ3) is 2.84. The van der Waals surface area contributed by atoms with Gasteiger partial charge in [-0.05, 0) is 37.0 Å².